The van der Waals surface area contributed by atoms with Gasteiger partial charge >= 0.3 is 13.8 Å². The van der Waals surface area contributed by atoms with Gasteiger partial charge in [-0.25, -0.2) is 4.57 Å². The number of nitrogens with two attached hydrogens (primary N) is 9. The molecule has 42 heteroatoms. The van der Waals surface area contributed by atoms with Crippen LogP contribution in [-0.4, -0.2) is 232 Å². The smallest absolute Gasteiger partial charge is 0.469 e. The van der Waals surface area contributed by atoms with E-state index in [9.17, 15) is 82.7 Å². The summed E-state index contributed by atoms with van der Waals surface area (Å²) in [6.45, 7) is -5.87. The molecule has 0 aliphatic carbocycles. The maximum atomic E-state index is 14.1. The van der Waals surface area contributed by atoms with Gasteiger partial charge in [0.2, 0.25) is 53.2 Å². The van der Waals surface area contributed by atoms with Gasteiger partial charge in [0.15, 0.2) is 23.8 Å². The van der Waals surface area contributed by atoms with Crippen molar-refractivity contribution >= 4 is 90.8 Å². The van der Waals surface area contributed by atoms with Gasteiger partial charge in [-0.1, -0.05) is 12.1 Å². The van der Waals surface area contributed by atoms with Gasteiger partial charge in [-0.15, -0.1) is 0 Å². The van der Waals surface area contributed by atoms with Gasteiger partial charge in [-0.3, -0.25) is 72.4 Å². The summed E-state index contributed by atoms with van der Waals surface area (Å²) in [5.74, 6) is -13.5. The number of aliphatic carboxylic acids is 1. The first-order chi connectivity index (χ1) is 41.8. The van der Waals surface area contributed by atoms with E-state index in [2.05, 4.69) is 72.3 Å². The van der Waals surface area contributed by atoms with E-state index in [0.29, 0.717) is 5.56 Å². The number of hydrogen-bond acceptors (Lipinski definition) is 21. The largest absolute Gasteiger partial charge is 0.508 e. The molecule has 34 N–H and O–H groups in total. The molecule has 1 aromatic rings. The van der Waals surface area contributed by atoms with Gasteiger partial charge in [0.25, 0.3) is 0 Å². The second kappa shape index (κ2) is 41.0. The van der Waals surface area contributed by atoms with E-state index in [0.717, 1.165) is 0 Å². The number of phosphoric acid groups is 1. The molecule has 0 aliphatic rings. The third-order valence-electron chi connectivity index (χ3n) is 12.0. The summed E-state index contributed by atoms with van der Waals surface area (Å²) < 4.78 is 16.3. The number of carbonyl (C=O) groups is 10. The molecule has 0 fully saturated rings. The Morgan fingerprint density at radius 1 is 0.449 bits per heavy atom. The number of aliphatic imine (C=N–C) groups is 4. The number of aliphatic hydroxyl groups is 3. The maximum Gasteiger partial charge on any atom is 0.469 e. The zero-order chi connectivity index (χ0) is 67.4. The molecule has 0 saturated heterocycles. The first kappa shape index (κ1) is 77.8. The van der Waals surface area contributed by atoms with Crippen LogP contribution in [0.1, 0.15) is 56.9 Å². The summed E-state index contributed by atoms with van der Waals surface area (Å²) in [5, 5.41) is 70.0. The summed E-state index contributed by atoms with van der Waals surface area (Å²) in [6.07, 6.45) is -1.31. The van der Waals surface area contributed by atoms with E-state index < -0.39 is 161 Å². The lowest BCUT2D eigenvalue weighted by Crippen LogP contribution is -2.62. The number of guanidine groups is 4. The van der Waals surface area contributed by atoms with Gasteiger partial charge in [0.1, 0.15) is 60.6 Å². The molecule has 41 nitrogen and oxygen atoms in total. The Balaban J connectivity index is 3.59. The van der Waals surface area contributed by atoms with E-state index >= 15 is 0 Å². The highest BCUT2D eigenvalue weighted by molar-refractivity contribution is 7.46. The summed E-state index contributed by atoms with van der Waals surface area (Å²) in [5.41, 5.74) is 49.3. The standard InChI is InChI=1S/C47H83N22O19P/c48-25(5-1-13-57-44(49)50)35(76)66-30(19-70)42(83)65-29(17-23-9-11-24(73)12-10-23)39(80)68-32(21-72)41(82)63-27(7-3-15-59-46(53)54)37(78)67-31(20-71)40(81)64-28(8-4-16-60-47(55)56)38(79)69-33(22-88-89(85,86)87)43(84)62-26(6-2-14-58-45(51)52)36(77)61-18-34(74)75/h9-12,25-33,70-73H,1-8,13-22,48H2,(H,61,77)(H,62,84)(H,63,82)(H,64,81)(H,65,83)(H,66,76)(H,67,78)(H,68,80)(H,69,79)(H,74,75)(H4,49,50,57)(H4,51,52,58)(H4,53,54,59)(H4,55,56,60)(H2,85,86,87)/t25-,26-,27-,28-,29-,30-,31-,32-,33-/m0/s1. The highest BCUT2D eigenvalue weighted by atomic mass is 31.2. The summed E-state index contributed by atoms with van der Waals surface area (Å²) >= 11 is 0. The lowest BCUT2D eigenvalue weighted by Gasteiger charge is -2.27. The number of nitrogens with one attached hydrogen (secondary N) is 9. The number of nitrogens with zero attached hydrogens (tertiary/aromatic N) is 4. The highest BCUT2D eigenvalue weighted by Crippen LogP contribution is 2.35. The molecule has 0 radical (unpaired) electrons. The molecule has 1 aromatic carbocycles. The Bertz CT molecular complexity index is 2690. The van der Waals surface area contributed by atoms with Crippen molar-refractivity contribution in [3.05, 3.63) is 29.8 Å². The van der Waals surface area contributed by atoms with Crippen molar-refractivity contribution in [3.63, 3.8) is 0 Å². The van der Waals surface area contributed by atoms with Crippen LogP contribution in [0.5, 0.6) is 5.75 Å². The molecule has 0 aliphatic heterocycles. The molecule has 9 amide bonds. The number of aliphatic hydroxyl groups excluding tert-OH is 3. The molecular weight excluding hydrogens is 1210 g/mol. The predicted octanol–water partition coefficient (Wildman–Crippen LogP) is -12.4. The van der Waals surface area contributed by atoms with Crippen molar-refractivity contribution in [1.82, 2.24) is 47.9 Å². The molecule has 0 spiro atoms. The fourth-order valence-corrected chi connectivity index (χ4v) is 7.80. The van der Waals surface area contributed by atoms with Crippen molar-refractivity contribution in [2.24, 2.45) is 71.6 Å². The second-order valence-corrected chi connectivity index (χ2v) is 20.4. The molecule has 89 heavy (non-hydrogen) atoms. The second-order valence-electron chi connectivity index (χ2n) is 19.2. The molecule has 0 heterocycles. The molecule has 9 atom stereocenters. The predicted molar refractivity (Wildman–Crippen MR) is 315 cm³/mol. The van der Waals surface area contributed by atoms with E-state index in [1.54, 1.807) is 0 Å². The number of carboxylic acids is 1. The van der Waals surface area contributed by atoms with Crippen molar-refractivity contribution in [1.29, 1.82) is 0 Å². The van der Waals surface area contributed by atoms with E-state index in [4.69, 9.17) is 56.7 Å². The third kappa shape index (κ3) is 33.5. The quantitative estimate of drug-likeness (QED) is 0.0125. The van der Waals surface area contributed by atoms with Crippen molar-refractivity contribution in [3.8, 4) is 5.75 Å². The Morgan fingerprint density at radius 2 is 0.753 bits per heavy atom. The number of benzene rings is 1. The Labute approximate surface area is 508 Å². The average molecular weight is 1290 g/mol. The number of rotatable bonds is 43. The van der Waals surface area contributed by atoms with Gasteiger partial charge in [0, 0.05) is 32.6 Å². The van der Waals surface area contributed by atoms with Crippen molar-refractivity contribution in [2.75, 3.05) is 59.2 Å². The van der Waals surface area contributed by atoms with Crippen LogP contribution in [-0.2, 0) is 63.5 Å². The monoisotopic (exact) mass is 1290 g/mol. The number of phenols is 1. The fraction of sp³-hybridized carbons (Fsp3) is 0.574. The topological polar surface area (TPSA) is 730 Å². The van der Waals surface area contributed by atoms with Crippen LogP contribution in [0.4, 0.5) is 0 Å². The van der Waals surface area contributed by atoms with Gasteiger partial charge < -0.3 is 135 Å². The zero-order valence-corrected chi connectivity index (χ0v) is 49.1. The average Bonchev–Trinajstić information content (AvgIpc) is 2.34. The zero-order valence-electron chi connectivity index (χ0n) is 48.2. The van der Waals surface area contributed by atoms with Gasteiger partial charge in [-0.2, -0.15) is 0 Å². The first-order valence-corrected chi connectivity index (χ1v) is 28.5. The van der Waals surface area contributed by atoms with E-state index in [1.165, 1.54) is 24.3 Å². The first-order valence-electron chi connectivity index (χ1n) is 27.0. The SMILES string of the molecule is NC(N)=NCCC[C@H](NC(=O)[C@H](COP(=O)(O)O)NC(=O)[C@H](CCCN=C(N)N)NC(=O)[C@H](CO)NC(=O)[C@H](CCCN=C(N)N)NC(=O)[C@H](CO)NC(=O)[C@H](Cc1ccc(O)cc1)NC(=O)[C@H](CO)NC(=O)[C@@H](N)CCCN=C(N)N)C(=O)NCC(=O)O. The summed E-state index contributed by atoms with van der Waals surface area (Å²) in [4.78, 5) is 168. The number of hydrogen-bond donors (Lipinski definition) is 25. The maximum absolute atomic E-state index is 14.1. The van der Waals surface area contributed by atoms with Gasteiger partial charge in [-0.05, 0) is 69.1 Å². The summed E-state index contributed by atoms with van der Waals surface area (Å²) in [7, 11) is -5.41. The van der Waals surface area contributed by atoms with E-state index in [1.807, 2.05) is 0 Å². The van der Waals surface area contributed by atoms with Crippen molar-refractivity contribution < 1.29 is 92.4 Å². The van der Waals surface area contributed by atoms with Crippen LogP contribution in [0.25, 0.3) is 0 Å². The van der Waals surface area contributed by atoms with Crippen LogP contribution in [0, 0.1) is 0 Å². The van der Waals surface area contributed by atoms with Crippen LogP contribution in [0.3, 0.4) is 0 Å². The van der Waals surface area contributed by atoms with Crippen LogP contribution in [0.2, 0.25) is 0 Å². The lowest BCUT2D eigenvalue weighted by molar-refractivity contribution is -0.138. The van der Waals surface area contributed by atoms with Crippen LogP contribution < -0.4 is 99.5 Å². The van der Waals surface area contributed by atoms with Crippen LogP contribution >= 0.6 is 7.82 Å². The number of aromatic hydroxyl groups is 1. The minimum absolute atomic E-state index is 0.00669. The molecule has 0 unspecified atom stereocenters. The molecule has 0 aromatic heterocycles. The number of phenolic OH excluding ortho intramolecular Hbond substituents is 1. The minimum Gasteiger partial charge on any atom is -0.508 e. The number of amides is 9. The number of carbonyl (C=O) groups excluding carboxylic acids is 9. The fourth-order valence-electron chi connectivity index (χ4n) is 7.45. The van der Waals surface area contributed by atoms with Crippen LogP contribution in [0.15, 0.2) is 44.2 Å². The number of phosphoric ester groups is 1. The minimum atomic E-state index is -5.41. The molecule has 1 rings (SSSR count). The highest BCUT2D eigenvalue weighted by Gasteiger charge is 2.36. The van der Waals surface area contributed by atoms with Crippen molar-refractivity contribution in [2.45, 2.75) is 112 Å². The third-order valence-corrected chi connectivity index (χ3v) is 12.4. The summed E-state index contributed by atoms with van der Waals surface area (Å²) in [6, 6.07) is -10.4. The van der Waals surface area contributed by atoms with Gasteiger partial charge in [0.05, 0.1) is 32.5 Å². The Morgan fingerprint density at radius 3 is 1.11 bits per heavy atom. The molecule has 500 valence electrons. The molecular formula is C47H83N22O19P. The Kier molecular flexibility index (Phi) is 35.8. The molecule has 0 saturated carbocycles. The van der Waals surface area contributed by atoms with E-state index in [-0.39, 0.29) is 107 Å². The lowest BCUT2D eigenvalue weighted by atomic mass is 10.0. The normalized spacial score (nSPS) is 14.0. The molecule has 0 bridgehead atoms. The number of carboxylic acid groups (broad SMARTS) is 1. The Hall–Kier alpha value is -9.25.